The Balaban J connectivity index is 3.56. The van der Waals surface area contributed by atoms with Crippen molar-refractivity contribution in [2.45, 2.75) is 65.5 Å². The number of aromatic nitrogens is 1. The Kier molecular flexibility index (Phi) is 4.38. The van der Waals surface area contributed by atoms with Crippen molar-refractivity contribution in [3.63, 3.8) is 0 Å². The zero-order valence-corrected chi connectivity index (χ0v) is 12.4. The minimum absolute atomic E-state index is 0.0584. The number of rotatable bonds is 4. The molecule has 0 saturated carbocycles. The summed E-state index contributed by atoms with van der Waals surface area (Å²) >= 11 is 0. The highest BCUT2D eigenvalue weighted by Gasteiger charge is 2.22. The first-order chi connectivity index (χ1) is 8.20. The molecule has 1 heterocycles. The molecule has 3 nitrogen and oxygen atoms in total. The molecule has 1 unspecified atom stereocenters. The zero-order chi connectivity index (χ0) is 14.1. The maximum absolute atomic E-state index is 12.6. The molecule has 1 aromatic rings. The smallest absolute Gasteiger partial charge is 0.256 e. The van der Waals surface area contributed by atoms with Crippen molar-refractivity contribution in [1.29, 1.82) is 0 Å². The van der Waals surface area contributed by atoms with E-state index >= 15 is 0 Å². The van der Waals surface area contributed by atoms with Gasteiger partial charge in [-0.2, -0.15) is 0 Å². The average molecular weight is 250 g/mol. The number of pyridine rings is 1. The Morgan fingerprint density at radius 3 is 2.22 bits per heavy atom. The minimum atomic E-state index is -0.595. The summed E-state index contributed by atoms with van der Waals surface area (Å²) < 4.78 is 1.91. The van der Waals surface area contributed by atoms with E-state index in [4.69, 9.17) is 5.73 Å². The maximum Gasteiger partial charge on any atom is 0.256 e. The van der Waals surface area contributed by atoms with Crippen LogP contribution in [0.25, 0.3) is 0 Å². The molecule has 0 aliphatic rings. The molecule has 3 heteroatoms. The van der Waals surface area contributed by atoms with Crippen LogP contribution in [0.5, 0.6) is 0 Å². The van der Waals surface area contributed by atoms with E-state index in [1.165, 1.54) is 0 Å². The van der Waals surface area contributed by atoms with Gasteiger partial charge in [0.2, 0.25) is 0 Å². The second-order valence-corrected chi connectivity index (χ2v) is 5.98. The predicted octanol–water partition coefficient (Wildman–Crippen LogP) is 3.14. The van der Waals surface area contributed by atoms with Gasteiger partial charge < -0.3 is 10.3 Å². The molecule has 18 heavy (non-hydrogen) atoms. The highest BCUT2D eigenvalue weighted by molar-refractivity contribution is 5.24. The molecule has 1 rings (SSSR count). The van der Waals surface area contributed by atoms with Crippen molar-refractivity contribution in [3.8, 4) is 0 Å². The third-order valence-corrected chi connectivity index (χ3v) is 3.47. The molecule has 2 N–H and O–H groups in total. The standard InChI is InChI=1S/C15H26N2O/c1-7-11(4)17-13(10(2)3)9-8-12(14(17)18)15(5,6)16/h8-11H,7,16H2,1-6H3. The first-order valence-electron chi connectivity index (χ1n) is 6.74. The Morgan fingerprint density at radius 2 is 1.83 bits per heavy atom. The van der Waals surface area contributed by atoms with Crippen LogP contribution < -0.4 is 11.3 Å². The molecule has 0 aliphatic carbocycles. The Morgan fingerprint density at radius 1 is 1.28 bits per heavy atom. The largest absolute Gasteiger partial charge is 0.322 e. The van der Waals surface area contributed by atoms with E-state index in [0.717, 1.165) is 12.1 Å². The van der Waals surface area contributed by atoms with Gasteiger partial charge in [-0.15, -0.1) is 0 Å². The molecule has 0 amide bonds. The molecule has 0 spiro atoms. The predicted molar refractivity (Wildman–Crippen MR) is 77.0 cm³/mol. The van der Waals surface area contributed by atoms with Crippen LogP contribution in [0.2, 0.25) is 0 Å². The number of nitrogens with two attached hydrogens (primary N) is 1. The van der Waals surface area contributed by atoms with Gasteiger partial charge in [0.15, 0.2) is 0 Å². The van der Waals surface area contributed by atoms with Crippen molar-refractivity contribution in [3.05, 3.63) is 33.7 Å². The fourth-order valence-corrected chi connectivity index (χ4v) is 2.17. The summed E-state index contributed by atoms with van der Waals surface area (Å²) in [6.45, 7) is 12.2. The Hall–Kier alpha value is -1.09. The van der Waals surface area contributed by atoms with Crippen LogP contribution in [0.3, 0.4) is 0 Å². The third-order valence-electron chi connectivity index (χ3n) is 3.47. The molecule has 0 saturated heterocycles. The zero-order valence-electron chi connectivity index (χ0n) is 12.4. The van der Waals surface area contributed by atoms with Crippen molar-refractivity contribution in [1.82, 2.24) is 4.57 Å². The molecule has 1 aromatic heterocycles. The monoisotopic (exact) mass is 250 g/mol. The van der Waals surface area contributed by atoms with Crippen molar-refractivity contribution in [2.24, 2.45) is 5.73 Å². The normalized spacial score (nSPS) is 14.0. The van der Waals surface area contributed by atoms with Gasteiger partial charge in [-0.25, -0.2) is 0 Å². The number of hydrogen-bond acceptors (Lipinski definition) is 2. The Labute approximate surface area is 110 Å². The fourth-order valence-electron chi connectivity index (χ4n) is 2.17. The van der Waals surface area contributed by atoms with Gasteiger partial charge in [-0.05, 0) is 45.2 Å². The third kappa shape index (κ3) is 2.83. The summed E-state index contributed by atoms with van der Waals surface area (Å²) in [7, 11) is 0. The lowest BCUT2D eigenvalue weighted by Gasteiger charge is -2.25. The van der Waals surface area contributed by atoms with E-state index in [-0.39, 0.29) is 11.6 Å². The van der Waals surface area contributed by atoms with Crippen LogP contribution in [0.4, 0.5) is 0 Å². The van der Waals surface area contributed by atoms with E-state index in [9.17, 15) is 4.79 Å². The highest BCUT2D eigenvalue weighted by Crippen LogP contribution is 2.21. The molecule has 0 aliphatic heterocycles. The van der Waals surface area contributed by atoms with Crippen molar-refractivity contribution in [2.75, 3.05) is 0 Å². The second-order valence-electron chi connectivity index (χ2n) is 5.98. The molecule has 0 fully saturated rings. The van der Waals surface area contributed by atoms with Gasteiger partial charge in [-0.1, -0.05) is 20.8 Å². The average Bonchev–Trinajstić information content (AvgIpc) is 2.25. The number of hydrogen-bond donors (Lipinski definition) is 1. The van der Waals surface area contributed by atoms with Gasteiger partial charge in [0, 0.05) is 22.8 Å². The van der Waals surface area contributed by atoms with E-state index in [2.05, 4.69) is 27.7 Å². The molecule has 0 bridgehead atoms. The van der Waals surface area contributed by atoms with E-state index < -0.39 is 5.54 Å². The molecular formula is C15H26N2O. The van der Waals surface area contributed by atoms with E-state index in [0.29, 0.717) is 11.5 Å². The van der Waals surface area contributed by atoms with Gasteiger partial charge in [-0.3, -0.25) is 4.79 Å². The Bertz CT molecular complexity index is 466. The first-order valence-corrected chi connectivity index (χ1v) is 6.74. The van der Waals surface area contributed by atoms with E-state index in [1.807, 2.05) is 30.5 Å². The van der Waals surface area contributed by atoms with Gasteiger partial charge in [0.25, 0.3) is 5.56 Å². The van der Waals surface area contributed by atoms with Crippen LogP contribution in [0, 0.1) is 0 Å². The summed E-state index contributed by atoms with van der Waals surface area (Å²) in [6, 6.07) is 4.14. The summed E-state index contributed by atoms with van der Waals surface area (Å²) in [5.41, 5.74) is 7.32. The quantitative estimate of drug-likeness (QED) is 0.892. The lowest BCUT2D eigenvalue weighted by Crippen LogP contribution is -2.39. The van der Waals surface area contributed by atoms with Crippen LogP contribution in [0.1, 0.15) is 71.2 Å². The topological polar surface area (TPSA) is 48.0 Å². The molecule has 0 aromatic carbocycles. The van der Waals surface area contributed by atoms with Gasteiger partial charge in [0.1, 0.15) is 0 Å². The minimum Gasteiger partial charge on any atom is -0.322 e. The molecule has 102 valence electrons. The van der Waals surface area contributed by atoms with Crippen LogP contribution >= 0.6 is 0 Å². The number of nitrogens with zero attached hydrogens (tertiary/aromatic N) is 1. The summed E-state index contributed by atoms with van der Waals surface area (Å²) in [6.07, 6.45) is 0.939. The maximum atomic E-state index is 12.6. The molecule has 0 radical (unpaired) electrons. The first kappa shape index (κ1) is 15.0. The lowest BCUT2D eigenvalue weighted by atomic mass is 9.95. The molecular weight excluding hydrogens is 224 g/mol. The fraction of sp³-hybridized carbons (Fsp3) is 0.667. The van der Waals surface area contributed by atoms with Crippen molar-refractivity contribution >= 4 is 0 Å². The van der Waals surface area contributed by atoms with Crippen molar-refractivity contribution < 1.29 is 0 Å². The summed E-state index contributed by atoms with van der Waals surface area (Å²) in [5, 5.41) is 0. The highest BCUT2D eigenvalue weighted by atomic mass is 16.1. The van der Waals surface area contributed by atoms with Crippen LogP contribution in [0.15, 0.2) is 16.9 Å². The molecule has 1 atom stereocenters. The summed E-state index contributed by atoms with van der Waals surface area (Å²) in [4.78, 5) is 12.6. The lowest BCUT2D eigenvalue weighted by molar-refractivity contribution is 0.463. The SMILES string of the molecule is CCC(C)n1c(C(C)C)ccc(C(C)(C)N)c1=O. The van der Waals surface area contributed by atoms with Gasteiger partial charge in [0.05, 0.1) is 0 Å². The summed E-state index contributed by atoms with van der Waals surface area (Å²) in [5.74, 6) is 0.335. The van der Waals surface area contributed by atoms with Gasteiger partial charge >= 0.3 is 0 Å². The van der Waals surface area contributed by atoms with Crippen LogP contribution in [-0.2, 0) is 5.54 Å². The van der Waals surface area contributed by atoms with Crippen LogP contribution in [-0.4, -0.2) is 4.57 Å². The van der Waals surface area contributed by atoms with E-state index in [1.54, 1.807) is 0 Å². The second kappa shape index (κ2) is 5.27.